The quantitative estimate of drug-likeness (QED) is 0.601. The summed E-state index contributed by atoms with van der Waals surface area (Å²) >= 11 is 0. The number of hydrogen-bond donors (Lipinski definition) is 2. The fourth-order valence-electron chi connectivity index (χ4n) is 1.95. The van der Waals surface area contributed by atoms with E-state index in [2.05, 4.69) is 38.3 Å². The minimum Gasteiger partial charge on any atom is -0.383 e. The van der Waals surface area contributed by atoms with Crippen LogP contribution in [0.15, 0.2) is 0 Å². The van der Waals surface area contributed by atoms with E-state index in [4.69, 9.17) is 4.74 Å². The third-order valence-corrected chi connectivity index (χ3v) is 3.01. The molecule has 0 aliphatic carbocycles. The van der Waals surface area contributed by atoms with Crippen LogP contribution in [0, 0.1) is 17.8 Å². The molecule has 17 heavy (non-hydrogen) atoms. The Hall–Kier alpha value is -0.610. The summed E-state index contributed by atoms with van der Waals surface area (Å²) < 4.78 is 4.86. The molecular formula is C13H28N2O2. The summed E-state index contributed by atoms with van der Waals surface area (Å²) in [5.41, 5.74) is 0. The van der Waals surface area contributed by atoms with Gasteiger partial charge < -0.3 is 15.4 Å². The fourth-order valence-corrected chi connectivity index (χ4v) is 1.95. The maximum atomic E-state index is 11.4. The lowest BCUT2D eigenvalue weighted by molar-refractivity contribution is -0.120. The fraction of sp³-hybridized carbons (Fsp3) is 0.923. The number of methoxy groups -OCH3 is 1. The van der Waals surface area contributed by atoms with Gasteiger partial charge in [0.1, 0.15) is 0 Å². The van der Waals surface area contributed by atoms with E-state index in [1.54, 1.807) is 7.11 Å². The monoisotopic (exact) mass is 244 g/mol. The molecule has 0 aromatic carbocycles. The van der Waals surface area contributed by atoms with Gasteiger partial charge in [0, 0.05) is 13.7 Å². The Bertz CT molecular complexity index is 198. The van der Waals surface area contributed by atoms with Crippen LogP contribution >= 0.6 is 0 Å². The highest BCUT2D eigenvalue weighted by Crippen LogP contribution is 2.19. The van der Waals surface area contributed by atoms with Crippen molar-refractivity contribution in [3.05, 3.63) is 0 Å². The molecule has 0 aromatic heterocycles. The normalized spacial score (nSPS) is 11.5. The summed E-state index contributed by atoms with van der Waals surface area (Å²) in [4.78, 5) is 11.4. The Kier molecular flexibility index (Phi) is 9.09. The van der Waals surface area contributed by atoms with Gasteiger partial charge in [-0.05, 0) is 24.3 Å². The molecule has 0 spiro atoms. The van der Waals surface area contributed by atoms with Crippen molar-refractivity contribution in [2.45, 2.75) is 27.7 Å². The summed E-state index contributed by atoms with van der Waals surface area (Å²) in [6, 6.07) is 0. The molecule has 0 unspecified atom stereocenters. The molecular weight excluding hydrogens is 216 g/mol. The van der Waals surface area contributed by atoms with Crippen molar-refractivity contribution in [3.63, 3.8) is 0 Å². The Morgan fingerprint density at radius 1 is 1.18 bits per heavy atom. The SMILES string of the molecule is COCCNC(=O)CNCC(C(C)C)C(C)C. The molecule has 4 heteroatoms. The topological polar surface area (TPSA) is 50.4 Å². The highest BCUT2D eigenvalue weighted by atomic mass is 16.5. The van der Waals surface area contributed by atoms with Gasteiger partial charge in [0.15, 0.2) is 0 Å². The molecule has 1 amide bonds. The first-order valence-electron chi connectivity index (χ1n) is 6.45. The Balaban J connectivity index is 3.70. The van der Waals surface area contributed by atoms with Gasteiger partial charge in [-0.2, -0.15) is 0 Å². The van der Waals surface area contributed by atoms with Crippen LogP contribution in [0.1, 0.15) is 27.7 Å². The van der Waals surface area contributed by atoms with Crippen molar-refractivity contribution in [2.75, 3.05) is 33.4 Å². The first-order chi connectivity index (χ1) is 7.99. The number of ether oxygens (including phenoxy) is 1. The van der Waals surface area contributed by atoms with Crippen LogP contribution in [0.25, 0.3) is 0 Å². The predicted octanol–water partition coefficient (Wildman–Crippen LogP) is 1.27. The van der Waals surface area contributed by atoms with E-state index in [0.717, 1.165) is 6.54 Å². The van der Waals surface area contributed by atoms with Gasteiger partial charge in [-0.15, -0.1) is 0 Å². The van der Waals surface area contributed by atoms with Gasteiger partial charge in [-0.3, -0.25) is 4.79 Å². The smallest absolute Gasteiger partial charge is 0.234 e. The lowest BCUT2D eigenvalue weighted by Gasteiger charge is -2.25. The molecule has 0 saturated heterocycles. The molecule has 0 fully saturated rings. The molecule has 4 nitrogen and oxygen atoms in total. The molecule has 2 N–H and O–H groups in total. The van der Waals surface area contributed by atoms with Gasteiger partial charge in [-0.1, -0.05) is 27.7 Å². The summed E-state index contributed by atoms with van der Waals surface area (Å²) in [5.74, 6) is 1.92. The van der Waals surface area contributed by atoms with Crippen LogP contribution in [0.3, 0.4) is 0 Å². The van der Waals surface area contributed by atoms with E-state index < -0.39 is 0 Å². The third kappa shape index (κ3) is 8.16. The number of amides is 1. The summed E-state index contributed by atoms with van der Waals surface area (Å²) in [6.07, 6.45) is 0. The first-order valence-corrected chi connectivity index (χ1v) is 6.45. The Morgan fingerprint density at radius 2 is 1.76 bits per heavy atom. The number of carbonyl (C=O) groups is 1. The van der Waals surface area contributed by atoms with Crippen LogP contribution in [0.5, 0.6) is 0 Å². The molecule has 0 aliphatic heterocycles. The average molecular weight is 244 g/mol. The molecule has 0 radical (unpaired) electrons. The van der Waals surface area contributed by atoms with Crippen molar-refractivity contribution >= 4 is 5.91 Å². The second-order valence-corrected chi connectivity index (χ2v) is 5.13. The minimum atomic E-state index is 0.0355. The van der Waals surface area contributed by atoms with Crippen LogP contribution in [0.2, 0.25) is 0 Å². The summed E-state index contributed by atoms with van der Waals surface area (Å²) in [5, 5.41) is 6.01. The molecule has 0 atom stereocenters. The zero-order valence-corrected chi connectivity index (χ0v) is 11.9. The highest BCUT2D eigenvalue weighted by molar-refractivity contribution is 5.77. The largest absolute Gasteiger partial charge is 0.383 e. The van der Waals surface area contributed by atoms with Gasteiger partial charge in [-0.25, -0.2) is 0 Å². The second kappa shape index (κ2) is 9.42. The van der Waals surface area contributed by atoms with Crippen molar-refractivity contribution in [2.24, 2.45) is 17.8 Å². The van der Waals surface area contributed by atoms with Crippen LogP contribution in [-0.2, 0) is 9.53 Å². The van der Waals surface area contributed by atoms with Gasteiger partial charge in [0.05, 0.1) is 13.2 Å². The number of nitrogens with one attached hydrogen (secondary N) is 2. The van der Waals surface area contributed by atoms with E-state index >= 15 is 0 Å². The van der Waals surface area contributed by atoms with E-state index in [0.29, 0.717) is 37.5 Å². The maximum Gasteiger partial charge on any atom is 0.234 e. The molecule has 102 valence electrons. The lowest BCUT2D eigenvalue weighted by Crippen LogP contribution is -2.39. The molecule has 0 aliphatic rings. The molecule has 0 bridgehead atoms. The van der Waals surface area contributed by atoms with Crippen LogP contribution < -0.4 is 10.6 Å². The third-order valence-electron chi connectivity index (χ3n) is 3.01. The van der Waals surface area contributed by atoms with Crippen molar-refractivity contribution < 1.29 is 9.53 Å². The van der Waals surface area contributed by atoms with Crippen molar-refractivity contribution in [1.29, 1.82) is 0 Å². The number of hydrogen-bond acceptors (Lipinski definition) is 3. The molecule has 0 saturated carbocycles. The molecule has 0 rings (SSSR count). The Morgan fingerprint density at radius 3 is 2.24 bits per heavy atom. The first kappa shape index (κ1) is 16.4. The maximum absolute atomic E-state index is 11.4. The van der Waals surface area contributed by atoms with Crippen LogP contribution in [0.4, 0.5) is 0 Å². The number of carbonyl (C=O) groups excluding carboxylic acids is 1. The summed E-state index contributed by atoms with van der Waals surface area (Å²) in [6.45, 7) is 11.3. The van der Waals surface area contributed by atoms with Crippen molar-refractivity contribution in [1.82, 2.24) is 10.6 Å². The second-order valence-electron chi connectivity index (χ2n) is 5.13. The van der Waals surface area contributed by atoms with Gasteiger partial charge in [0.2, 0.25) is 5.91 Å². The molecule has 0 heterocycles. The minimum absolute atomic E-state index is 0.0355. The number of rotatable bonds is 9. The molecule has 0 aromatic rings. The zero-order chi connectivity index (χ0) is 13.3. The predicted molar refractivity (Wildman–Crippen MR) is 70.9 cm³/mol. The van der Waals surface area contributed by atoms with E-state index in [9.17, 15) is 4.79 Å². The zero-order valence-electron chi connectivity index (χ0n) is 11.9. The van der Waals surface area contributed by atoms with E-state index in [1.165, 1.54) is 0 Å². The van der Waals surface area contributed by atoms with Gasteiger partial charge in [0.25, 0.3) is 0 Å². The summed E-state index contributed by atoms with van der Waals surface area (Å²) in [7, 11) is 1.63. The average Bonchev–Trinajstić information content (AvgIpc) is 2.23. The van der Waals surface area contributed by atoms with Crippen LogP contribution in [-0.4, -0.2) is 39.3 Å². The van der Waals surface area contributed by atoms with E-state index in [1.807, 2.05) is 0 Å². The highest BCUT2D eigenvalue weighted by Gasteiger charge is 2.17. The van der Waals surface area contributed by atoms with E-state index in [-0.39, 0.29) is 5.91 Å². The Labute approximate surface area is 105 Å². The lowest BCUT2D eigenvalue weighted by atomic mass is 9.85. The van der Waals surface area contributed by atoms with Gasteiger partial charge >= 0.3 is 0 Å². The standard InChI is InChI=1S/C13H28N2O2/c1-10(2)12(11(3)4)8-14-9-13(16)15-6-7-17-5/h10-12,14H,6-9H2,1-5H3,(H,15,16). The van der Waals surface area contributed by atoms with Crippen molar-refractivity contribution in [3.8, 4) is 0 Å².